The van der Waals surface area contributed by atoms with Crippen molar-refractivity contribution in [3.8, 4) is 11.5 Å². The molecule has 0 atom stereocenters. The maximum Gasteiger partial charge on any atom is 0.244 e. The van der Waals surface area contributed by atoms with E-state index in [0.717, 1.165) is 5.56 Å². The lowest BCUT2D eigenvalue weighted by Gasteiger charge is -2.21. The predicted molar refractivity (Wildman–Crippen MR) is 104 cm³/mol. The molecule has 0 heterocycles. The summed E-state index contributed by atoms with van der Waals surface area (Å²) in [6.45, 7) is 3.65. The molecule has 7 nitrogen and oxygen atoms in total. The van der Waals surface area contributed by atoms with Crippen LogP contribution in [0.5, 0.6) is 11.5 Å². The second-order valence-corrected chi connectivity index (χ2v) is 7.66. The van der Waals surface area contributed by atoms with Crippen LogP contribution in [0.2, 0.25) is 0 Å². The number of sulfonamides is 1. The number of nitrogens with one attached hydrogen (secondary N) is 1. The molecule has 0 aromatic heterocycles. The van der Waals surface area contributed by atoms with Crippen LogP contribution in [-0.2, 0) is 14.8 Å². The molecular weight excluding hydrogens is 368 g/mol. The molecular formula is C19H24N2O5S. The summed E-state index contributed by atoms with van der Waals surface area (Å²) in [6, 6.07) is 12.0. The van der Waals surface area contributed by atoms with Gasteiger partial charge in [0.2, 0.25) is 15.9 Å². The highest BCUT2D eigenvalue weighted by atomic mass is 32.2. The fraction of sp³-hybridized carbons (Fsp3) is 0.316. The van der Waals surface area contributed by atoms with Gasteiger partial charge >= 0.3 is 0 Å². The van der Waals surface area contributed by atoms with Gasteiger partial charge < -0.3 is 14.4 Å². The minimum Gasteiger partial charge on any atom is -0.497 e. The van der Waals surface area contributed by atoms with Crippen molar-refractivity contribution in [2.75, 3.05) is 32.2 Å². The highest BCUT2D eigenvalue weighted by Gasteiger charge is 2.21. The Morgan fingerprint density at radius 3 is 2.30 bits per heavy atom. The Balaban J connectivity index is 2.14. The quantitative estimate of drug-likeness (QED) is 0.745. The van der Waals surface area contributed by atoms with Crippen molar-refractivity contribution in [3.63, 3.8) is 0 Å². The van der Waals surface area contributed by atoms with Gasteiger partial charge in [0.15, 0.2) is 0 Å². The topological polar surface area (TPSA) is 84.9 Å². The molecule has 0 aliphatic rings. The molecule has 2 aromatic carbocycles. The summed E-state index contributed by atoms with van der Waals surface area (Å²) in [4.78, 5) is 13.5. The molecule has 0 radical (unpaired) electrons. The summed E-state index contributed by atoms with van der Waals surface area (Å²) >= 11 is 0. The number of nitrogens with zero attached hydrogens (tertiary/aromatic N) is 1. The Morgan fingerprint density at radius 1 is 1.07 bits per heavy atom. The molecule has 0 saturated heterocycles. The zero-order valence-corrected chi connectivity index (χ0v) is 16.7. The zero-order valence-electron chi connectivity index (χ0n) is 15.9. The molecule has 0 saturated carbocycles. The van der Waals surface area contributed by atoms with Crippen molar-refractivity contribution in [1.82, 2.24) is 4.72 Å². The van der Waals surface area contributed by atoms with Crippen LogP contribution in [0.25, 0.3) is 0 Å². The van der Waals surface area contributed by atoms with E-state index in [2.05, 4.69) is 4.72 Å². The van der Waals surface area contributed by atoms with Crippen LogP contribution in [0.4, 0.5) is 5.69 Å². The van der Waals surface area contributed by atoms with E-state index < -0.39 is 10.0 Å². The monoisotopic (exact) mass is 392 g/mol. The SMILES string of the molecule is COc1ccc(OC)c(S(=O)(=O)NCCN(C(C)=O)c2ccc(C)cc2)c1. The van der Waals surface area contributed by atoms with E-state index in [1.807, 2.05) is 31.2 Å². The first kappa shape index (κ1) is 20.7. The zero-order chi connectivity index (χ0) is 20.0. The number of rotatable bonds is 8. The van der Waals surface area contributed by atoms with Crippen molar-refractivity contribution in [3.05, 3.63) is 48.0 Å². The van der Waals surface area contributed by atoms with Gasteiger partial charge in [-0.25, -0.2) is 13.1 Å². The number of amides is 1. The second kappa shape index (κ2) is 8.88. The summed E-state index contributed by atoms with van der Waals surface area (Å²) in [5, 5.41) is 0. The standard InChI is InChI=1S/C19H24N2O5S/c1-14-5-7-16(8-6-14)21(15(2)22)12-11-20-27(23,24)19-13-17(25-3)9-10-18(19)26-4/h5-10,13,20H,11-12H2,1-4H3. The van der Waals surface area contributed by atoms with Crippen molar-refractivity contribution in [2.24, 2.45) is 0 Å². The molecule has 1 amide bonds. The molecule has 2 rings (SSSR count). The number of hydrogen-bond donors (Lipinski definition) is 1. The van der Waals surface area contributed by atoms with Gasteiger partial charge in [-0.3, -0.25) is 4.79 Å². The number of carbonyl (C=O) groups excluding carboxylic acids is 1. The van der Waals surface area contributed by atoms with E-state index in [1.54, 1.807) is 6.07 Å². The molecule has 0 aliphatic carbocycles. The van der Waals surface area contributed by atoms with Crippen LogP contribution in [0.1, 0.15) is 12.5 Å². The van der Waals surface area contributed by atoms with Gasteiger partial charge in [0.1, 0.15) is 16.4 Å². The molecule has 0 spiro atoms. The molecule has 2 aromatic rings. The normalized spacial score (nSPS) is 11.1. The van der Waals surface area contributed by atoms with Crippen LogP contribution in [0, 0.1) is 6.92 Å². The third-order valence-electron chi connectivity index (χ3n) is 4.01. The highest BCUT2D eigenvalue weighted by molar-refractivity contribution is 7.89. The average molecular weight is 392 g/mol. The number of methoxy groups -OCH3 is 2. The maximum absolute atomic E-state index is 12.7. The number of carbonyl (C=O) groups is 1. The third kappa shape index (κ3) is 5.21. The Morgan fingerprint density at radius 2 is 1.74 bits per heavy atom. The lowest BCUT2D eigenvalue weighted by molar-refractivity contribution is -0.116. The number of hydrogen-bond acceptors (Lipinski definition) is 5. The molecule has 146 valence electrons. The van der Waals surface area contributed by atoms with Gasteiger partial charge in [-0.1, -0.05) is 17.7 Å². The van der Waals surface area contributed by atoms with Gasteiger partial charge in [-0.2, -0.15) is 0 Å². The Hall–Kier alpha value is -2.58. The Kier molecular flexibility index (Phi) is 6.81. The smallest absolute Gasteiger partial charge is 0.244 e. The van der Waals surface area contributed by atoms with Gasteiger partial charge in [0.05, 0.1) is 14.2 Å². The molecule has 0 bridgehead atoms. The summed E-state index contributed by atoms with van der Waals surface area (Å²) in [5.41, 5.74) is 1.79. The van der Waals surface area contributed by atoms with Crippen LogP contribution in [-0.4, -0.2) is 41.6 Å². The number of aryl methyl sites for hydroxylation is 1. The van der Waals surface area contributed by atoms with Crippen molar-refractivity contribution in [1.29, 1.82) is 0 Å². The Labute approximate surface area is 160 Å². The van der Waals surface area contributed by atoms with Crippen molar-refractivity contribution in [2.45, 2.75) is 18.7 Å². The van der Waals surface area contributed by atoms with Gasteiger partial charge in [0.25, 0.3) is 0 Å². The van der Waals surface area contributed by atoms with E-state index in [9.17, 15) is 13.2 Å². The fourth-order valence-electron chi connectivity index (χ4n) is 2.56. The molecule has 0 fully saturated rings. The van der Waals surface area contributed by atoms with Crippen LogP contribution < -0.4 is 19.1 Å². The van der Waals surface area contributed by atoms with Crippen LogP contribution in [0.3, 0.4) is 0 Å². The predicted octanol–water partition coefficient (Wildman–Crippen LogP) is 2.34. The summed E-state index contributed by atoms with van der Waals surface area (Å²) in [6.07, 6.45) is 0. The van der Waals surface area contributed by atoms with E-state index in [1.165, 1.54) is 38.2 Å². The van der Waals surface area contributed by atoms with Gasteiger partial charge in [-0.05, 0) is 31.2 Å². The van der Waals surface area contributed by atoms with Gasteiger partial charge in [-0.15, -0.1) is 0 Å². The van der Waals surface area contributed by atoms with Crippen molar-refractivity contribution >= 4 is 21.6 Å². The fourth-order valence-corrected chi connectivity index (χ4v) is 3.76. The van der Waals surface area contributed by atoms with E-state index in [4.69, 9.17) is 9.47 Å². The molecule has 1 N–H and O–H groups in total. The molecule has 0 aliphatic heterocycles. The summed E-state index contributed by atoms with van der Waals surface area (Å²) in [5.74, 6) is 0.448. The average Bonchev–Trinajstić information content (AvgIpc) is 2.65. The lowest BCUT2D eigenvalue weighted by atomic mass is 10.2. The molecule has 8 heteroatoms. The van der Waals surface area contributed by atoms with Gasteiger partial charge in [0, 0.05) is 31.8 Å². The Bertz CT molecular complexity index is 895. The molecule has 27 heavy (non-hydrogen) atoms. The second-order valence-electron chi connectivity index (χ2n) is 5.92. The first-order valence-corrected chi connectivity index (χ1v) is 9.83. The first-order valence-electron chi connectivity index (χ1n) is 8.35. The van der Waals surface area contributed by atoms with E-state index >= 15 is 0 Å². The van der Waals surface area contributed by atoms with Crippen LogP contribution in [0.15, 0.2) is 47.4 Å². The number of ether oxygens (including phenoxy) is 2. The lowest BCUT2D eigenvalue weighted by Crippen LogP contribution is -2.37. The maximum atomic E-state index is 12.7. The number of anilines is 1. The summed E-state index contributed by atoms with van der Waals surface area (Å²) in [7, 11) is -0.984. The van der Waals surface area contributed by atoms with E-state index in [0.29, 0.717) is 11.4 Å². The third-order valence-corrected chi connectivity index (χ3v) is 5.50. The van der Waals surface area contributed by atoms with E-state index in [-0.39, 0.29) is 29.6 Å². The largest absolute Gasteiger partial charge is 0.497 e. The minimum absolute atomic E-state index is 0.0194. The summed E-state index contributed by atoms with van der Waals surface area (Å²) < 4.78 is 38.1. The first-order chi connectivity index (χ1) is 12.8. The minimum atomic E-state index is -3.84. The number of benzene rings is 2. The molecule has 0 unspecified atom stereocenters. The van der Waals surface area contributed by atoms with Crippen molar-refractivity contribution < 1.29 is 22.7 Å². The van der Waals surface area contributed by atoms with Crippen LogP contribution >= 0.6 is 0 Å². The highest BCUT2D eigenvalue weighted by Crippen LogP contribution is 2.28.